The molecule has 1 amide bonds. The van der Waals surface area contributed by atoms with Crippen molar-refractivity contribution >= 4 is 36.0 Å². The Morgan fingerprint density at radius 2 is 2.00 bits per heavy atom. The Morgan fingerprint density at radius 1 is 1.16 bits per heavy atom. The zero-order valence-corrected chi connectivity index (χ0v) is 21.9. The first-order valence-corrected chi connectivity index (χ1v) is 13.5. The molecule has 1 aliphatic heterocycles. The molecule has 3 heterocycles. The van der Waals surface area contributed by atoms with Crippen LogP contribution in [0, 0.1) is 5.82 Å². The van der Waals surface area contributed by atoms with Gasteiger partial charge in [-0.15, -0.1) is 0 Å². The fourth-order valence-electron chi connectivity index (χ4n) is 4.39. The molecule has 2 aromatic carbocycles. The Hall–Kier alpha value is -3.72. The molecule has 0 fully saturated rings. The number of ether oxygens (including phenoxy) is 1. The number of halogens is 4. The van der Waals surface area contributed by atoms with E-state index in [1.54, 1.807) is 13.3 Å². The predicted molar refractivity (Wildman–Crippen MR) is 133 cm³/mol. The van der Waals surface area contributed by atoms with Crippen LogP contribution in [-0.4, -0.2) is 61.5 Å². The standard InChI is InChI=1S/C26H21AsF4N5O2/c1-38-24-12-16(7-9-19(24)27-17-4-3-11-32-13-17)21-14-36(34-33-21)23-10-8-18-20(28)5-2-6-22(18)35(25(23)37)15-26(29,30)31/h2-7,9,11-14,23H,8,10,15H2,1H3. The number of carbonyl (C=O) groups is 1. The number of hydrogen-bond donors (Lipinski definition) is 0. The summed E-state index contributed by atoms with van der Waals surface area (Å²) in [6.07, 6.45) is 0.519. The summed E-state index contributed by atoms with van der Waals surface area (Å²) in [5, 5.41) is 8.24. The van der Waals surface area contributed by atoms with Crippen molar-refractivity contribution in [2.24, 2.45) is 0 Å². The summed E-state index contributed by atoms with van der Waals surface area (Å²) in [7, 11) is 1.57. The van der Waals surface area contributed by atoms with Gasteiger partial charge in [-0.25, -0.2) is 4.39 Å². The number of amides is 1. The van der Waals surface area contributed by atoms with Crippen LogP contribution in [0.25, 0.3) is 11.3 Å². The summed E-state index contributed by atoms with van der Waals surface area (Å²) in [4.78, 5) is 18.1. The quantitative estimate of drug-likeness (QED) is 0.257. The van der Waals surface area contributed by atoms with E-state index < -0.39 is 30.5 Å². The van der Waals surface area contributed by atoms with E-state index in [0.717, 1.165) is 8.70 Å². The van der Waals surface area contributed by atoms with E-state index >= 15 is 0 Å². The van der Waals surface area contributed by atoms with Gasteiger partial charge in [0.05, 0.1) is 0 Å². The molecule has 0 N–H and O–H groups in total. The van der Waals surface area contributed by atoms with Gasteiger partial charge in [0.1, 0.15) is 0 Å². The topological polar surface area (TPSA) is 73.1 Å². The minimum absolute atomic E-state index is 0.0705. The van der Waals surface area contributed by atoms with Crippen molar-refractivity contribution in [3.8, 4) is 17.0 Å². The third-order valence-electron chi connectivity index (χ3n) is 6.14. The maximum atomic E-state index is 14.5. The number of methoxy groups -OCH3 is 1. The summed E-state index contributed by atoms with van der Waals surface area (Å²) >= 11 is -0.372. The third-order valence-corrected chi connectivity index (χ3v) is 8.52. The fourth-order valence-corrected chi connectivity index (χ4v) is 6.44. The average Bonchev–Trinajstić information content (AvgIpc) is 3.33. The van der Waals surface area contributed by atoms with E-state index in [9.17, 15) is 22.4 Å². The van der Waals surface area contributed by atoms with E-state index in [1.807, 2.05) is 36.5 Å². The second kappa shape index (κ2) is 10.6. The van der Waals surface area contributed by atoms with Crippen molar-refractivity contribution in [3.05, 3.63) is 78.5 Å². The number of anilines is 1. The molecule has 1 atom stereocenters. The molecule has 1 radical (unpaired) electrons. The SMILES string of the molecule is COc1cc(-c2cn(C3CCc4c(F)cccc4N(CC(F)(F)F)C3=O)nn2)ccc1[As]c1cccnc1. The first kappa shape index (κ1) is 25.9. The average molecular weight is 586 g/mol. The van der Waals surface area contributed by atoms with Crippen LogP contribution in [-0.2, 0) is 11.2 Å². The van der Waals surface area contributed by atoms with Crippen molar-refractivity contribution in [2.75, 3.05) is 18.6 Å². The molecule has 1 aliphatic rings. The van der Waals surface area contributed by atoms with Crippen molar-refractivity contribution in [2.45, 2.75) is 25.1 Å². The number of fused-ring (bicyclic) bond motifs is 1. The van der Waals surface area contributed by atoms with Gasteiger partial charge in [0, 0.05) is 0 Å². The molecule has 0 spiro atoms. The summed E-state index contributed by atoms with van der Waals surface area (Å²) in [6, 6.07) is 12.2. The summed E-state index contributed by atoms with van der Waals surface area (Å²) < 4.78 is 63.7. The molecule has 0 aliphatic carbocycles. The molecule has 195 valence electrons. The van der Waals surface area contributed by atoms with E-state index in [2.05, 4.69) is 15.3 Å². The third kappa shape index (κ3) is 5.43. The van der Waals surface area contributed by atoms with Gasteiger partial charge in [-0.2, -0.15) is 13.2 Å². The number of hydrogen-bond acceptors (Lipinski definition) is 5. The van der Waals surface area contributed by atoms with Crippen molar-refractivity contribution in [3.63, 3.8) is 0 Å². The Kier molecular flexibility index (Phi) is 7.21. The van der Waals surface area contributed by atoms with E-state index in [1.165, 1.54) is 29.1 Å². The second-order valence-corrected chi connectivity index (χ2v) is 11.2. The number of carbonyl (C=O) groups excluding carboxylic acids is 1. The number of benzene rings is 2. The molecular weight excluding hydrogens is 565 g/mol. The first-order valence-electron chi connectivity index (χ1n) is 11.6. The molecule has 0 saturated heterocycles. The van der Waals surface area contributed by atoms with Crippen LogP contribution < -0.4 is 18.3 Å². The zero-order valence-electron chi connectivity index (χ0n) is 20.1. The molecule has 7 nitrogen and oxygen atoms in total. The minimum atomic E-state index is -4.67. The number of alkyl halides is 3. The van der Waals surface area contributed by atoms with Gasteiger partial charge in [-0.1, -0.05) is 6.07 Å². The Labute approximate surface area is 222 Å². The molecule has 5 rings (SSSR count). The number of aromatic nitrogens is 4. The number of nitrogens with zero attached hydrogens (tertiary/aromatic N) is 5. The fraction of sp³-hybridized carbons (Fsp3) is 0.231. The monoisotopic (exact) mass is 586 g/mol. The van der Waals surface area contributed by atoms with E-state index in [-0.39, 0.29) is 39.8 Å². The Balaban J connectivity index is 1.44. The number of rotatable bonds is 6. The normalized spacial score (nSPS) is 16.1. The van der Waals surface area contributed by atoms with Gasteiger partial charge in [0.25, 0.3) is 0 Å². The summed E-state index contributed by atoms with van der Waals surface area (Å²) in [5.74, 6) is -0.812. The zero-order chi connectivity index (χ0) is 26.9. The van der Waals surface area contributed by atoms with Crippen LogP contribution in [0.2, 0.25) is 0 Å². The molecule has 1 unspecified atom stereocenters. The van der Waals surface area contributed by atoms with Gasteiger partial charge < -0.3 is 0 Å². The van der Waals surface area contributed by atoms with Gasteiger partial charge in [0.15, 0.2) is 0 Å². The van der Waals surface area contributed by atoms with Crippen LogP contribution in [0.5, 0.6) is 5.75 Å². The Morgan fingerprint density at radius 3 is 2.74 bits per heavy atom. The first-order chi connectivity index (χ1) is 18.2. The van der Waals surface area contributed by atoms with Crippen molar-refractivity contribution in [1.29, 1.82) is 0 Å². The number of pyridine rings is 1. The Bertz CT molecular complexity index is 1460. The van der Waals surface area contributed by atoms with E-state index in [4.69, 9.17) is 4.74 Å². The van der Waals surface area contributed by atoms with Crippen LogP contribution in [0.3, 0.4) is 0 Å². The van der Waals surface area contributed by atoms with Gasteiger partial charge in [-0.3, -0.25) is 0 Å². The molecule has 4 aromatic rings. The molecule has 12 heteroatoms. The molecule has 0 saturated carbocycles. The van der Waals surface area contributed by atoms with Gasteiger partial charge in [0.2, 0.25) is 0 Å². The van der Waals surface area contributed by atoms with Crippen molar-refractivity contribution in [1.82, 2.24) is 20.0 Å². The van der Waals surface area contributed by atoms with Crippen LogP contribution in [0.4, 0.5) is 23.2 Å². The molecule has 2 aromatic heterocycles. The van der Waals surface area contributed by atoms with Gasteiger partial charge in [-0.05, 0) is 6.07 Å². The molecule has 38 heavy (non-hydrogen) atoms. The molecular formula is C26H21AsF4N5O2. The summed E-state index contributed by atoms with van der Waals surface area (Å²) in [5.41, 5.74) is 1.10. The maximum absolute atomic E-state index is 14.5. The van der Waals surface area contributed by atoms with Gasteiger partial charge >= 0.3 is 193 Å². The second-order valence-electron chi connectivity index (χ2n) is 8.62. The van der Waals surface area contributed by atoms with E-state index in [0.29, 0.717) is 21.9 Å². The van der Waals surface area contributed by atoms with Crippen LogP contribution in [0.15, 0.2) is 67.1 Å². The molecule has 0 bridgehead atoms. The van der Waals surface area contributed by atoms with Crippen LogP contribution in [0.1, 0.15) is 18.0 Å². The van der Waals surface area contributed by atoms with Crippen LogP contribution >= 0.6 is 0 Å². The summed E-state index contributed by atoms with van der Waals surface area (Å²) in [6.45, 7) is -1.53. The predicted octanol–water partition coefficient (Wildman–Crippen LogP) is 3.23. The van der Waals surface area contributed by atoms with Crippen molar-refractivity contribution < 1.29 is 27.1 Å².